The second-order valence-electron chi connectivity index (χ2n) is 4.28. The van der Waals surface area contributed by atoms with Gasteiger partial charge in [-0.15, -0.1) is 0 Å². The first-order valence-corrected chi connectivity index (χ1v) is 5.70. The van der Waals surface area contributed by atoms with Crippen molar-refractivity contribution in [3.8, 4) is 5.88 Å². The van der Waals surface area contributed by atoms with Gasteiger partial charge >= 0.3 is 0 Å². The molecule has 0 aliphatic rings. The fourth-order valence-electron chi connectivity index (χ4n) is 1.19. The number of ether oxygens (including phenoxy) is 1. The number of nitrogens with zero attached hydrogens (tertiary/aromatic N) is 1. The first kappa shape index (κ1) is 11.5. The Hall–Kier alpha value is -0.570. The van der Waals surface area contributed by atoms with Crippen LogP contribution in [0.5, 0.6) is 5.88 Å². The van der Waals surface area contributed by atoms with Crippen LogP contribution < -0.4 is 4.74 Å². The fraction of sp³-hybridized carbons (Fsp3) is 0.545. The third-order valence-electron chi connectivity index (χ3n) is 2.13. The van der Waals surface area contributed by atoms with Gasteiger partial charge in [-0.2, -0.15) is 0 Å². The van der Waals surface area contributed by atoms with Crippen LogP contribution in [0.1, 0.15) is 31.9 Å². The van der Waals surface area contributed by atoms with Gasteiger partial charge in [-0.05, 0) is 17.0 Å². The maximum absolute atomic E-state index is 5.16. The molecule has 0 unspecified atom stereocenters. The van der Waals surface area contributed by atoms with E-state index in [1.807, 2.05) is 6.20 Å². The number of methoxy groups -OCH3 is 1. The minimum Gasteiger partial charge on any atom is -0.481 e. The van der Waals surface area contributed by atoms with Crippen molar-refractivity contribution < 1.29 is 4.74 Å². The molecule has 3 heteroatoms. The zero-order valence-corrected chi connectivity index (χ0v) is 10.7. The molecule has 1 aromatic heterocycles. The van der Waals surface area contributed by atoms with Crippen LogP contribution in [0.25, 0.3) is 0 Å². The molecule has 2 nitrogen and oxygen atoms in total. The standard InChI is InChI=1S/C11H16BrNO/c1-11(2,3)9-5-8(6-12)10(14-4)13-7-9/h5,7H,6H2,1-4H3. The van der Waals surface area contributed by atoms with Gasteiger partial charge in [0.25, 0.3) is 0 Å². The average molecular weight is 258 g/mol. The van der Waals surface area contributed by atoms with Crippen LogP contribution in [-0.2, 0) is 10.7 Å². The summed E-state index contributed by atoms with van der Waals surface area (Å²) >= 11 is 3.43. The van der Waals surface area contributed by atoms with E-state index >= 15 is 0 Å². The number of hydrogen-bond acceptors (Lipinski definition) is 2. The third-order valence-corrected chi connectivity index (χ3v) is 2.73. The Morgan fingerprint density at radius 1 is 1.43 bits per heavy atom. The molecule has 0 N–H and O–H groups in total. The second kappa shape index (κ2) is 4.30. The summed E-state index contributed by atoms with van der Waals surface area (Å²) in [5.74, 6) is 0.704. The minimum atomic E-state index is 0.135. The highest BCUT2D eigenvalue weighted by Crippen LogP contribution is 2.26. The summed E-state index contributed by atoms with van der Waals surface area (Å²) in [6.45, 7) is 6.53. The molecule has 0 atom stereocenters. The van der Waals surface area contributed by atoms with Gasteiger partial charge < -0.3 is 4.74 Å². The highest BCUT2D eigenvalue weighted by Gasteiger charge is 2.16. The van der Waals surface area contributed by atoms with Crippen LogP contribution in [0.3, 0.4) is 0 Å². The molecule has 1 heterocycles. The summed E-state index contributed by atoms with van der Waals surface area (Å²) in [6.07, 6.45) is 1.88. The van der Waals surface area contributed by atoms with Crippen molar-refractivity contribution in [1.82, 2.24) is 4.98 Å². The Morgan fingerprint density at radius 3 is 2.50 bits per heavy atom. The van der Waals surface area contributed by atoms with Crippen LogP contribution in [0.4, 0.5) is 0 Å². The zero-order valence-electron chi connectivity index (χ0n) is 9.10. The van der Waals surface area contributed by atoms with Gasteiger partial charge in [0.2, 0.25) is 5.88 Å². The zero-order chi connectivity index (χ0) is 10.8. The molecule has 0 aliphatic carbocycles. The average Bonchev–Trinajstić information content (AvgIpc) is 2.15. The Bertz CT molecular complexity index is 318. The van der Waals surface area contributed by atoms with Crippen LogP contribution in [0, 0.1) is 0 Å². The van der Waals surface area contributed by atoms with Crippen molar-refractivity contribution in [2.75, 3.05) is 7.11 Å². The van der Waals surface area contributed by atoms with Gasteiger partial charge in [-0.3, -0.25) is 0 Å². The molecular weight excluding hydrogens is 242 g/mol. The molecular formula is C11H16BrNO. The van der Waals surface area contributed by atoms with E-state index in [0.29, 0.717) is 5.88 Å². The van der Waals surface area contributed by atoms with Crippen LogP contribution in [0.2, 0.25) is 0 Å². The molecule has 1 aromatic rings. The summed E-state index contributed by atoms with van der Waals surface area (Å²) < 4.78 is 5.16. The van der Waals surface area contributed by atoms with E-state index in [2.05, 4.69) is 47.8 Å². The van der Waals surface area contributed by atoms with Crippen LogP contribution in [-0.4, -0.2) is 12.1 Å². The smallest absolute Gasteiger partial charge is 0.217 e. The predicted molar refractivity (Wildman–Crippen MR) is 62.1 cm³/mol. The number of hydrogen-bond donors (Lipinski definition) is 0. The lowest BCUT2D eigenvalue weighted by molar-refractivity contribution is 0.393. The lowest BCUT2D eigenvalue weighted by Crippen LogP contribution is -2.12. The van der Waals surface area contributed by atoms with Gasteiger partial charge in [0.15, 0.2) is 0 Å². The Kier molecular flexibility index (Phi) is 3.53. The fourth-order valence-corrected chi connectivity index (χ4v) is 1.59. The Balaban J connectivity index is 3.14. The van der Waals surface area contributed by atoms with E-state index in [0.717, 1.165) is 10.9 Å². The van der Waals surface area contributed by atoms with Crippen molar-refractivity contribution in [1.29, 1.82) is 0 Å². The topological polar surface area (TPSA) is 22.1 Å². The molecule has 0 radical (unpaired) electrons. The van der Waals surface area contributed by atoms with Gasteiger partial charge in [-0.1, -0.05) is 36.7 Å². The van der Waals surface area contributed by atoms with E-state index in [-0.39, 0.29) is 5.41 Å². The van der Waals surface area contributed by atoms with Crippen LogP contribution in [0.15, 0.2) is 12.3 Å². The first-order valence-electron chi connectivity index (χ1n) is 4.58. The largest absolute Gasteiger partial charge is 0.481 e. The van der Waals surface area contributed by atoms with E-state index in [1.54, 1.807) is 7.11 Å². The Labute approximate surface area is 93.8 Å². The summed E-state index contributed by atoms with van der Waals surface area (Å²) in [6, 6.07) is 2.14. The van der Waals surface area contributed by atoms with Gasteiger partial charge in [-0.25, -0.2) is 4.98 Å². The van der Waals surface area contributed by atoms with E-state index in [1.165, 1.54) is 5.56 Å². The maximum Gasteiger partial charge on any atom is 0.217 e. The number of aromatic nitrogens is 1. The highest BCUT2D eigenvalue weighted by molar-refractivity contribution is 9.08. The van der Waals surface area contributed by atoms with Crippen molar-refractivity contribution in [3.63, 3.8) is 0 Å². The molecule has 0 amide bonds. The molecule has 0 spiro atoms. The molecule has 14 heavy (non-hydrogen) atoms. The molecule has 0 saturated carbocycles. The second-order valence-corrected chi connectivity index (χ2v) is 4.84. The molecule has 78 valence electrons. The summed E-state index contributed by atoms with van der Waals surface area (Å²) in [5.41, 5.74) is 2.46. The SMILES string of the molecule is COc1ncc(C(C)(C)C)cc1CBr. The summed E-state index contributed by atoms with van der Waals surface area (Å²) in [7, 11) is 1.64. The lowest BCUT2D eigenvalue weighted by atomic mass is 9.88. The highest BCUT2D eigenvalue weighted by atomic mass is 79.9. The van der Waals surface area contributed by atoms with Gasteiger partial charge in [0.05, 0.1) is 7.11 Å². The normalized spacial score (nSPS) is 11.5. The summed E-state index contributed by atoms with van der Waals surface area (Å²) in [5, 5.41) is 0.771. The van der Waals surface area contributed by atoms with Gasteiger partial charge in [0.1, 0.15) is 0 Å². The number of pyridine rings is 1. The Morgan fingerprint density at radius 2 is 2.07 bits per heavy atom. The predicted octanol–water partition coefficient (Wildman–Crippen LogP) is 3.28. The molecule has 0 fully saturated rings. The minimum absolute atomic E-state index is 0.135. The molecule has 0 bridgehead atoms. The summed E-state index contributed by atoms with van der Waals surface area (Å²) in [4.78, 5) is 4.28. The monoisotopic (exact) mass is 257 g/mol. The van der Waals surface area contributed by atoms with Crippen molar-refractivity contribution in [2.24, 2.45) is 0 Å². The third kappa shape index (κ3) is 2.47. The molecule has 0 saturated heterocycles. The number of alkyl halides is 1. The number of halogens is 1. The van der Waals surface area contributed by atoms with Crippen molar-refractivity contribution in [2.45, 2.75) is 31.5 Å². The van der Waals surface area contributed by atoms with E-state index in [4.69, 9.17) is 4.74 Å². The quantitative estimate of drug-likeness (QED) is 0.759. The van der Waals surface area contributed by atoms with Crippen LogP contribution >= 0.6 is 15.9 Å². The lowest BCUT2D eigenvalue weighted by Gasteiger charge is -2.19. The van der Waals surface area contributed by atoms with Crippen molar-refractivity contribution >= 4 is 15.9 Å². The molecule has 0 aromatic carbocycles. The maximum atomic E-state index is 5.16. The van der Waals surface area contributed by atoms with Crippen molar-refractivity contribution in [3.05, 3.63) is 23.4 Å². The molecule has 1 rings (SSSR count). The number of rotatable bonds is 2. The van der Waals surface area contributed by atoms with E-state index in [9.17, 15) is 0 Å². The molecule has 0 aliphatic heterocycles. The van der Waals surface area contributed by atoms with E-state index < -0.39 is 0 Å². The first-order chi connectivity index (χ1) is 6.49. The van der Waals surface area contributed by atoms with Gasteiger partial charge in [0, 0.05) is 17.1 Å².